The Morgan fingerprint density at radius 3 is 1.65 bits per heavy atom. The van der Waals surface area contributed by atoms with E-state index < -0.39 is 49.9 Å². The molecule has 20 heavy (non-hydrogen) atoms. The third-order valence-electron chi connectivity index (χ3n) is 2.55. The average Bonchev–Trinajstić information content (AvgIpc) is 2.09. The van der Waals surface area contributed by atoms with Crippen LogP contribution in [-0.2, 0) is 4.57 Å². The van der Waals surface area contributed by atoms with Crippen molar-refractivity contribution in [3.63, 3.8) is 0 Å². The van der Waals surface area contributed by atoms with Crippen LogP contribution in [-0.4, -0.2) is 52.6 Å². The summed E-state index contributed by atoms with van der Waals surface area (Å²) in [5.74, 6) is -0.924. The van der Waals surface area contributed by atoms with Gasteiger partial charge in [0.15, 0.2) is 13.1 Å². The van der Waals surface area contributed by atoms with Gasteiger partial charge in [-0.3, -0.25) is 9.79 Å². The molecular formula is C8H16F6N2O3P+. The fraction of sp³-hybridized carbons (Fsp3) is 1.00. The highest BCUT2D eigenvalue weighted by Crippen LogP contribution is 2.52. The predicted molar refractivity (Wildman–Crippen MR) is 57.2 cm³/mol. The fourth-order valence-electron chi connectivity index (χ4n) is 1.80. The van der Waals surface area contributed by atoms with Gasteiger partial charge >= 0.3 is 20.1 Å². The van der Waals surface area contributed by atoms with Crippen molar-refractivity contribution in [2.45, 2.75) is 19.3 Å². The predicted octanol–water partition coefficient (Wildman–Crippen LogP) is 1.62. The Kier molecular flexibility index (Phi) is 6.08. The molecule has 12 heteroatoms. The van der Waals surface area contributed by atoms with E-state index in [1.165, 1.54) is 6.92 Å². The van der Waals surface area contributed by atoms with Gasteiger partial charge in [-0.25, -0.2) is 8.82 Å². The van der Waals surface area contributed by atoms with Crippen molar-refractivity contribution in [2.24, 2.45) is 11.7 Å². The van der Waals surface area contributed by atoms with Gasteiger partial charge in [-0.1, -0.05) is 6.92 Å². The molecule has 0 aliphatic rings. The molecule has 1 atom stereocenters. The summed E-state index contributed by atoms with van der Waals surface area (Å²) < 4.78 is 83.6. The highest BCUT2D eigenvalue weighted by molar-refractivity contribution is 7.45. The van der Waals surface area contributed by atoms with Gasteiger partial charge in [0, 0.05) is 12.5 Å². The maximum Gasteiger partial charge on any atom is 0.527 e. The molecule has 0 saturated carbocycles. The Morgan fingerprint density at radius 2 is 1.45 bits per heavy atom. The van der Waals surface area contributed by atoms with Crippen LogP contribution in [0, 0.1) is 5.92 Å². The van der Waals surface area contributed by atoms with Crippen LogP contribution in [0.2, 0.25) is 0 Å². The second-order valence-corrected chi connectivity index (χ2v) is 6.55. The number of nitrogens with zero attached hydrogens (tertiary/aromatic N) is 1. The lowest BCUT2D eigenvalue weighted by molar-refractivity contribution is -0.850. The molecule has 0 aliphatic heterocycles. The molecular weight excluding hydrogens is 317 g/mol. The molecule has 0 aliphatic carbocycles. The molecule has 0 fully saturated rings. The standard InChI is InChI=1S/C8H15F6N2O3P/c1-6(2-15)3-16(20(17,18)19,4-7(9,10)11)5-8(12,13)14/h6H,2-5,15H2,1H3,(H-,17,18,19)/p+1. The van der Waals surface area contributed by atoms with Gasteiger partial charge in [-0.15, -0.1) is 0 Å². The molecule has 0 saturated heterocycles. The first kappa shape index (κ1) is 19.7. The van der Waals surface area contributed by atoms with Gasteiger partial charge in [-0.2, -0.15) is 26.3 Å². The van der Waals surface area contributed by atoms with Gasteiger partial charge in [-0.05, 0) is 0 Å². The van der Waals surface area contributed by atoms with E-state index in [-0.39, 0.29) is 6.54 Å². The summed E-state index contributed by atoms with van der Waals surface area (Å²) in [5.41, 5.74) is 5.12. The van der Waals surface area contributed by atoms with Crippen LogP contribution in [0.15, 0.2) is 0 Å². The van der Waals surface area contributed by atoms with E-state index in [1.54, 1.807) is 0 Å². The van der Waals surface area contributed by atoms with Crippen LogP contribution in [0.25, 0.3) is 0 Å². The second-order valence-electron chi connectivity index (χ2n) is 4.68. The molecule has 4 N–H and O–H groups in total. The topological polar surface area (TPSA) is 83.6 Å². The van der Waals surface area contributed by atoms with Crippen LogP contribution in [0.4, 0.5) is 26.3 Å². The Bertz CT molecular complexity index is 350. The molecule has 122 valence electrons. The summed E-state index contributed by atoms with van der Waals surface area (Å²) >= 11 is 0. The lowest BCUT2D eigenvalue weighted by Gasteiger charge is -2.39. The van der Waals surface area contributed by atoms with Crippen LogP contribution < -0.4 is 5.73 Å². The molecule has 0 aromatic heterocycles. The van der Waals surface area contributed by atoms with Crippen LogP contribution >= 0.6 is 7.75 Å². The molecule has 0 spiro atoms. The Morgan fingerprint density at radius 1 is 1.10 bits per heavy atom. The Labute approximate surface area is 111 Å². The van der Waals surface area contributed by atoms with Gasteiger partial charge < -0.3 is 5.73 Å². The first-order valence-corrected chi connectivity index (χ1v) is 6.94. The molecule has 0 aromatic rings. The van der Waals surface area contributed by atoms with Gasteiger partial charge in [0.2, 0.25) is 0 Å². The van der Waals surface area contributed by atoms with E-state index in [4.69, 9.17) is 15.5 Å². The quantitative estimate of drug-likeness (QED) is 0.509. The van der Waals surface area contributed by atoms with Crippen molar-refractivity contribution >= 4 is 7.75 Å². The minimum absolute atomic E-state index is 0.296. The largest absolute Gasteiger partial charge is 0.527 e. The minimum atomic E-state index is -5.72. The third kappa shape index (κ3) is 6.40. The number of hydrogen-bond donors (Lipinski definition) is 3. The summed E-state index contributed by atoms with van der Waals surface area (Å²) in [6, 6.07) is 0. The molecule has 0 rings (SSSR count). The number of nitrogens with two attached hydrogens (primary N) is 1. The number of quaternary nitrogens is 1. The molecule has 5 nitrogen and oxygen atoms in total. The Balaban J connectivity index is 5.71. The second kappa shape index (κ2) is 6.18. The van der Waals surface area contributed by atoms with Crippen molar-refractivity contribution in [3.05, 3.63) is 0 Å². The van der Waals surface area contributed by atoms with Gasteiger partial charge in [0.25, 0.3) is 0 Å². The summed E-state index contributed by atoms with van der Waals surface area (Å²) in [5, 5.41) is 0. The van der Waals surface area contributed by atoms with E-state index in [2.05, 4.69) is 0 Å². The molecule has 0 bridgehead atoms. The van der Waals surface area contributed by atoms with Crippen molar-refractivity contribution in [2.75, 3.05) is 26.2 Å². The summed E-state index contributed by atoms with van der Waals surface area (Å²) in [6.45, 7) is -4.66. The zero-order chi connectivity index (χ0) is 16.4. The maximum atomic E-state index is 12.5. The zero-order valence-corrected chi connectivity index (χ0v) is 11.3. The molecule has 0 amide bonds. The Hall–Kier alpha value is -0.350. The van der Waals surface area contributed by atoms with Crippen molar-refractivity contribution in [1.82, 2.24) is 0 Å². The van der Waals surface area contributed by atoms with E-state index in [9.17, 15) is 30.9 Å². The summed E-state index contributed by atoms with van der Waals surface area (Å²) in [7, 11) is -5.72. The fourth-order valence-corrected chi connectivity index (χ4v) is 2.98. The molecule has 0 radical (unpaired) electrons. The first-order valence-electron chi connectivity index (χ1n) is 5.37. The van der Waals surface area contributed by atoms with Crippen molar-refractivity contribution in [3.8, 4) is 0 Å². The van der Waals surface area contributed by atoms with Crippen LogP contribution in [0.5, 0.6) is 0 Å². The number of halogens is 6. The summed E-state index contributed by atoms with van der Waals surface area (Å²) in [4.78, 5) is 18.1. The number of rotatable bonds is 6. The highest BCUT2D eigenvalue weighted by atomic mass is 31.2. The van der Waals surface area contributed by atoms with Gasteiger partial charge in [0.1, 0.15) is 0 Å². The van der Waals surface area contributed by atoms with Crippen LogP contribution in [0.1, 0.15) is 6.92 Å². The van der Waals surface area contributed by atoms with E-state index >= 15 is 0 Å². The number of hydrogen-bond acceptors (Lipinski definition) is 2. The third-order valence-corrected chi connectivity index (χ3v) is 4.11. The monoisotopic (exact) mass is 333 g/mol. The van der Waals surface area contributed by atoms with E-state index in [1.807, 2.05) is 0 Å². The van der Waals surface area contributed by atoms with Gasteiger partial charge in [0.05, 0.1) is 6.54 Å². The normalized spacial score (nSPS) is 16.3. The zero-order valence-electron chi connectivity index (χ0n) is 10.4. The molecule has 0 heterocycles. The van der Waals surface area contributed by atoms with Crippen molar-refractivity contribution < 1.29 is 44.9 Å². The van der Waals surface area contributed by atoms with Crippen LogP contribution in [0.3, 0.4) is 0 Å². The highest BCUT2D eigenvalue weighted by Gasteiger charge is 2.58. The average molecular weight is 333 g/mol. The number of alkyl halides is 6. The maximum absolute atomic E-state index is 12.5. The SMILES string of the molecule is CC(CN)C[N+](CC(F)(F)F)(CC(F)(F)F)P(=O)(O)O. The smallest absolute Gasteiger partial charge is 0.330 e. The van der Waals surface area contributed by atoms with Crippen molar-refractivity contribution in [1.29, 1.82) is 0 Å². The lowest BCUT2D eigenvalue weighted by Crippen LogP contribution is -2.57. The molecule has 1 unspecified atom stereocenters. The lowest BCUT2D eigenvalue weighted by atomic mass is 10.1. The van der Waals surface area contributed by atoms with E-state index in [0.29, 0.717) is 0 Å². The first-order chi connectivity index (χ1) is 8.62. The van der Waals surface area contributed by atoms with E-state index in [0.717, 1.165) is 0 Å². The molecule has 0 aromatic carbocycles. The minimum Gasteiger partial charge on any atom is -0.330 e. The summed E-state index contributed by atoms with van der Waals surface area (Å²) in [6.07, 6.45) is -10.3.